The molecule has 4 heteroatoms. The van der Waals surface area contributed by atoms with Gasteiger partial charge in [0.25, 0.3) is 0 Å². The average molecular weight is 230 g/mol. The number of carbonyl (C=O) groups excluding carboxylic acids is 1. The molecule has 1 amide bonds. The minimum Gasteiger partial charge on any atom is -0.232 e. The first-order chi connectivity index (χ1) is 8.16. The Morgan fingerprint density at radius 2 is 1.88 bits per heavy atom. The molecular formula is C13H11FN2O. The number of nitrogens with zero attached hydrogens (tertiary/aromatic N) is 1. The lowest BCUT2D eigenvalue weighted by molar-refractivity contribution is 0.222. The Bertz CT molecular complexity index is 593. The molecule has 0 fully saturated rings. The van der Waals surface area contributed by atoms with Crippen molar-refractivity contribution in [3.05, 3.63) is 48.0 Å². The van der Waals surface area contributed by atoms with Gasteiger partial charge in [-0.15, -0.1) is 4.39 Å². The molecule has 0 aliphatic rings. The van der Waals surface area contributed by atoms with E-state index in [0.717, 1.165) is 16.3 Å². The van der Waals surface area contributed by atoms with Gasteiger partial charge < -0.3 is 0 Å². The molecule has 2 rings (SSSR count). The first-order valence-electron chi connectivity index (χ1n) is 5.16. The highest BCUT2D eigenvalue weighted by molar-refractivity contribution is 6.02. The van der Waals surface area contributed by atoms with Gasteiger partial charge in [0.1, 0.15) is 0 Å². The van der Waals surface area contributed by atoms with Gasteiger partial charge in [0, 0.05) is 0 Å². The Morgan fingerprint density at radius 3 is 2.59 bits per heavy atom. The highest BCUT2D eigenvalue weighted by atomic mass is 19.1. The molecule has 0 unspecified atom stereocenters. The Hall–Kier alpha value is -2.23. The summed E-state index contributed by atoms with van der Waals surface area (Å²) in [7, 11) is 0. The van der Waals surface area contributed by atoms with Gasteiger partial charge in [0.15, 0.2) is 0 Å². The van der Waals surface area contributed by atoms with Crippen molar-refractivity contribution in [2.24, 2.45) is 5.10 Å². The maximum atomic E-state index is 12.0. The van der Waals surface area contributed by atoms with Crippen molar-refractivity contribution in [2.45, 2.75) is 6.92 Å². The number of halogens is 1. The van der Waals surface area contributed by atoms with Crippen LogP contribution in [0.4, 0.5) is 9.18 Å². The fourth-order valence-corrected chi connectivity index (χ4v) is 1.61. The number of amides is 1. The molecule has 0 atom stereocenters. The van der Waals surface area contributed by atoms with Crippen molar-refractivity contribution in [3.8, 4) is 0 Å². The maximum Gasteiger partial charge on any atom is 0.417 e. The quantitative estimate of drug-likeness (QED) is 0.366. The summed E-state index contributed by atoms with van der Waals surface area (Å²) >= 11 is 0. The van der Waals surface area contributed by atoms with Gasteiger partial charge in [-0.05, 0) is 29.3 Å². The van der Waals surface area contributed by atoms with E-state index in [2.05, 4.69) is 5.10 Å². The molecule has 0 spiro atoms. The standard InChI is InChI=1S/C13H11FN2O/c1-9(15-16-13(14)17)11-7-6-10-4-2-3-5-12(10)8-11/h2-8H,1H3,(H,16,17)/b15-9+. The van der Waals surface area contributed by atoms with Crippen LogP contribution < -0.4 is 5.43 Å². The highest BCUT2D eigenvalue weighted by Gasteiger charge is 2.00. The summed E-state index contributed by atoms with van der Waals surface area (Å²) in [5.41, 5.74) is 3.18. The fourth-order valence-electron chi connectivity index (χ4n) is 1.61. The van der Waals surface area contributed by atoms with Crippen molar-refractivity contribution < 1.29 is 9.18 Å². The number of carbonyl (C=O) groups is 1. The number of rotatable bonds is 2. The van der Waals surface area contributed by atoms with Crippen LogP contribution in [-0.2, 0) is 0 Å². The van der Waals surface area contributed by atoms with Gasteiger partial charge in [-0.1, -0.05) is 36.4 Å². The second-order valence-corrected chi connectivity index (χ2v) is 3.64. The lowest BCUT2D eigenvalue weighted by Gasteiger charge is -2.03. The molecule has 0 aliphatic heterocycles. The summed E-state index contributed by atoms with van der Waals surface area (Å²) in [6, 6.07) is 13.7. The number of benzene rings is 2. The Labute approximate surface area is 98.0 Å². The normalized spacial score (nSPS) is 11.5. The molecule has 3 nitrogen and oxygen atoms in total. The summed E-state index contributed by atoms with van der Waals surface area (Å²) < 4.78 is 12.0. The van der Waals surface area contributed by atoms with Crippen molar-refractivity contribution in [1.82, 2.24) is 5.43 Å². The minimum atomic E-state index is -1.66. The zero-order chi connectivity index (χ0) is 12.3. The Balaban J connectivity index is 2.36. The summed E-state index contributed by atoms with van der Waals surface area (Å²) in [6.45, 7) is 1.71. The molecule has 0 aliphatic carbocycles. The topological polar surface area (TPSA) is 41.5 Å². The molecule has 2 aromatic rings. The van der Waals surface area contributed by atoms with E-state index in [1.54, 1.807) is 12.3 Å². The third-order valence-corrected chi connectivity index (χ3v) is 2.48. The lowest BCUT2D eigenvalue weighted by atomic mass is 10.0. The molecular weight excluding hydrogens is 219 g/mol. The summed E-state index contributed by atoms with van der Waals surface area (Å²) in [4.78, 5) is 10.1. The van der Waals surface area contributed by atoms with Crippen LogP contribution in [0.2, 0.25) is 0 Å². The Morgan fingerprint density at radius 1 is 1.18 bits per heavy atom. The fraction of sp³-hybridized carbons (Fsp3) is 0.0769. The van der Waals surface area contributed by atoms with Crippen LogP contribution in [0.15, 0.2) is 47.6 Å². The molecule has 2 aromatic carbocycles. The van der Waals surface area contributed by atoms with Crippen LogP contribution in [0.1, 0.15) is 12.5 Å². The molecule has 0 aromatic heterocycles. The summed E-state index contributed by atoms with van der Waals surface area (Å²) in [5, 5.41) is 5.84. The van der Waals surface area contributed by atoms with E-state index < -0.39 is 6.16 Å². The monoisotopic (exact) mass is 230 g/mol. The third-order valence-electron chi connectivity index (χ3n) is 2.48. The second-order valence-electron chi connectivity index (χ2n) is 3.64. The van der Waals surface area contributed by atoms with Crippen molar-refractivity contribution >= 4 is 22.6 Å². The first-order valence-corrected chi connectivity index (χ1v) is 5.16. The number of hydrogen-bond donors (Lipinski definition) is 1. The van der Waals surface area contributed by atoms with Crippen molar-refractivity contribution in [1.29, 1.82) is 0 Å². The lowest BCUT2D eigenvalue weighted by Crippen LogP contribution is -2.12. The van der Waals surface area contributed by atoms with E-state index in [1.807, 2.05) is 42.5 Å². The van der Waals surface area contributed by atoms with Gasteiger partial charge in [-0.25, -0.2) is 10.2 Å². The van der Waals surface area contributed by atoms with Crippen LogP contribution >= 0.6 is 0 Å². The summed E-state index contributed by atoms with van der Waals surface area (Å²) in [6.07, 6.45) is -1.66. The second kappa shape index (κ2) is 4.74. The molecule has 0 saturated heterocycles. The predicted octanol–water partition coefficient (Wildman–Crippen LogP) is 3.24. The van der Waals surface area contributed by atoms with Crippen LogP contribution in [0, 0.1) is 0 Å². The molecule has 0 saturated carbocycles. The molecule has 17 heavy (non-hydrogen) atoms. The van der Waals surface area contributed by atoms with Gasteiger partial charge in [0.05, 0.1) is 5.71 Å². The van der Waals surface area contributed by atoms with E-state index in [0.29, 0.717) is 5.71 Å². The third kappa shape index (κ3) is 2.66. The van der Waals surface area contributed by atoms with E-state index in [-0.39, 0.29) is 0 Å². The van der Waals surface area contributed by atoms with E-state index >= 15 is 0 Å². The zero-order valence-electron chi connectivity index (χ0n) is 9.27. The number of nitrogens with one attached hydrogen (secondary N) is 1. The smallest absolute Gasteiger partial charge is 0.232 e. The van der Waals surface area contributed by atoms with Crippen LogP contribution in [0.25, 0.3) is 10.8 Å². The molecule has 86 valence electrons. The van der Waals surface area contributed by atoms with Gasteiger partial charge in [0.2, 0.25) is 0 Å². The molecule has 1 N–H and O–H groups in total. The number of fused-ring (bicyclic) bond motifs is 1. The van der Waals surface area contributed by atoms with E-state index in [4.69, 9.17) is 0 Å². The van der Waals surface area contributed by atoms with Crippen LogP contribution in [-0.4, -0.2) is 11.9 Å². The van der Waals surface area contributed by atoms with Crippen molar-refractivity contribution in [2.75, 3.05) is 0 Å². The zero-order valence-corrected chi connectivity index (χ0v) is 9.27. The SMILES string of the molecule is C/C(=N\NC(=O)F)c1ccc2ccccc2c1. The molecule has 0 heterocycles. The van der Waals surface area contributed by atoms with Crippen LogP contribution in [0.5, 0.6) is 0 Å². The maximum absolute atomic E-state index is 12.0. The Kier molecular flexibility index (Phi) is 3.14. The summed E-state index contributed by atoms with van der Waals surface area (Å²) in [5.74, 6) is 0. The van der Waals surface area contributed by atoms with E-state index in [1.165, 1.54) is 0 Å². The number of hydrogen-bond acceptors (Lipinski definition) is 2. The van der Waals surface area contributed by atoms with Crippen LogP contribution in [0.3, 0.4) is 0 Å². The van der Waals surface area contributed by atoms with Gasteiger partial charge >= 0.3 is 6.16 Å². The van der Waals surface area contributed by atoms with Gasteiger partial charge in [-0.2, -0.15) is 5.10 Å². The number of hydrazone groups is 1. The first kappa shape index (κ1) is 11.3. The minimum absolute atomic E-state index is 0.557. The molecule has 0 bridgehead atoms. The van der Waals surface area contributed by atoms with Gasteiger partial charge in [-0.3, -0.25) is 0 Å². The largest absolute Gasteiger partial charge is 0.417 e. The predicted molar refractivity (Wildman–Crippen MR) is 65.8 cm³/mol. The van der Waals surface area contributed by atoms with Crippen molar-refractivity contribution in [3.63, 3.8) is 0 Å². The van der Waals surface area contributed by atoms with E-state index in [9.17, 15) is 9.18 Å². The molecule has 0 radical (unpaired) electrons. The highest BCUT2D eigenvalue weighted by Crippen LogP contribution is 2.15. The average Bonchev–Trinajstić information content (AvgIpc) is 2.35.